The van der Waals surface area contributed by atoms with E-state index in [1.807, 2.05) is 42.3 Å². The smallest absolute Gasteiger partial charge is 0.225 e. The predicted molar refractivity (Wildman–Crippen MR) is 135 cm³/mol. The van der Waals surface area contributed by atoms with Crippen LogP contribution in [-0.4, -0.2) is 63.1 Å². The van der Waals surface area contributed by atoms with E-state index in [1.54, 1.807) is 6.08 Å². The molecule has 2 aliphatic rings. The number of piperazine rings is 1. The molecule has 1 saturated carbocycles. The Bertz CT molecular complexity index is 1340. The van der Waals surface area contributed by atoms with E-state index >= 15 is 0 Å². The minimum absolute atomic E-state index is 0.0329. The zero-order valence-corrected chi connectivity index (χ0v) is 19.8. The first kappa shape index (κ1) is 22.9. The highest BCUT2D eigenvalue weighted by Gasteiger charge is 2.33. The third-order valence-electron chi connectivity index (χ3n) is 6.81. The molecule has 8 heteroatoms. The standard InChI is InChI=1S/C27H28N6O2/c1-3-24-29-15-22-20(5-4-6-23(22)30-24)21-13-19(14-28)27(31-26(21)18-7-8-18)32-10-11-33(17(2)16-32)25(35)9-12-34/h3-6,13,15,17-18,34H,1,7-12,16H2,2H3/t17-/m1/s1. The van der Waals surface area contributed by atoms with Crippen LogP contribution in [0.15, 0.2) is 37.0 Å². The molecular formula is C27H28N6O2. The van der Waals surface area contributed by atoms with Crippen molar-refractivity contribution in [2.75, 3.05) is 31.1 Å². The number of aromatic nitrogens is 3. The van der Waals surface area contributed by atoms with E-state index < -0.39 is 0 Å². The number of nitrogens with zero attached hydrogens (tertiary/aromatic N) is 6. The number of hydrogen-bond acceptors (Lipinski definition) is 7. The lowest BCUT2D eigenvalue weighted by atomic mass is 9.96. The number of pyridine rings is 1. The average Bonchev–Trinajstić information content (AvgIpc) is 3.72. The summed E-state index contributed by atoms with van der Waals surface area (Å²) < 4.78 is 0. The van der Waals surface area contributed by atoms with Crippen LogP contribution in [0.2, 0.25) is 0 Å². The Balaban J connectivity index is 1.55. The number of aliphatic hydroxyl groups excluding tert-OH is 1. The van der Waals surface area contributed by atoms with Gasteiger partial charge in [-0.1, -0.05) is 18.7 Å². The van der Waals surface area contributed by atoms with E-state index in [4.69, 9.17) is 10.1 Å². The maximum Gasteiger partial charge on any atom is 0.225 e. The Hall–Kier alpha value is -3.83. The van der Waals surface area contributed by atoms with Crippen molar-refractivity contribution in [3.63, 3.8) is 0 Å². The van der Waals surface area contributed by atoms with Crippen molar-refractivity contribution in [3.05, 3.63) is 54.1 Å². The molecule has 5 rings (SSSR count). The Labute approximate surface area is 204 Å². The Morgan fingerprint density at radius 1 is 1.29 bits per heavy atom. The molecule has 0 spiro atoms. The number of nitriles is 1. The summed E-state index contributed by atoms with van der Waals surface area (Å²) in [5.41, 5.74) is 4.29. The number of carbonyl (C=O) groups is 1. The molecule has 0 radical (unpaired) electrons. The SMILES string of the molecule is C=Cc1ncc2c(-c3cc(C#N)c(N4CCN(C(=O)CCO)[C@H](C)C4)nc3C3CC3)cccc2n1. The monoisotopic (exact) mass is 468 g/mol. The van der Waals surface area contributed by atoms with Crippen LogP contribution < -0.4 is 4.90 Å². The number of amides is 1. The number of anilines is 1. The second kappa shape index (κ2) is 9.43. The fourth-order valence-corrected chi connectivity index (χ4v) is 4.89. The topological polar surface area (TPSA) is 106 Å². The second-order valence-electron chi connectivity index (χ2n) is 9.20. The van der Waals surface area contributed by atoms with E-state index in [-0.39, 0.29) is 25.0 Å². The highest BCUT2D eigenvalue weighted by Crippen LogP contribution is 2.46. The quantitative estimate of drug-likeness (QED) is 0.590. The normalized spacial score (nSPS) is 17.9. The molecule has 1 atom stereocenters. The van der Waals surface area contributed by atoms with Crippen molar-refractivity contribution in [1.82, 2.24) is 19.9 Å². The summed E-state index contributed by atoms with van der Waals surface area (Å²) in [6.45, 7) is 7.34. The first-order valence-electron chi connectivity index (χ1n) is 12.0. The molecule has 35 heavy (non-hydrogen) atoms. The molecule has 0 unspecified atom stereocenters. The molecular weight excluding hydrogens is 440 g/mol. The van der Waals surface area contributed by atoms with Crippen molar-refractivity contribution in [1.29, 1.82) is 5.26 Å². The Morgan fingerprint density at radius 2 is 2.11 bits per heavy atom. The largest absolute Gasteiger partial charge is 0.396 e. The predicted octanol–water partition coefficient (Wildman–Crippen LogP) is 3.50. The molecule has 3 heterocycles. The van der Waals surface area contributed by atoms with Gasteiger partial charge in [0.2, 0.25) is 5.91 Å². The molecule has 1 amide bonds. The molecule has 178 valence electrons. The number of benzene rings is 1. The lowest BCUT2D eigenvalue weighted by Crippen LogP contribution is -2.54. The number of rotatable bonds is 6. The molecule has 3 aromatic rings. The Kier molecular flexibility index (Phi) is 6.18. The van der Waals surface area contributed by atoms with Gasteiger partial charge in [0.1, 0.15) is 11.9 Å². The van der Waals surface area contributed by atoms with Gasteiger partial charge < -0.3 is 14.9 Å². The van der Waals surface area contributed by atoms with Crippen molar-refractivity contribution in [3.8, 4) is 17.2 Å². The highest BCUT2D eigenvalue weighted by atomic mass is 16.3. The second-order valence-corrected chi connectivity index (χ2v) is 9.20. The minimum atomic E-state index is -0.147. The van der Waals surface area contributed by atoms with E-state index in [0.29, 0.717) is 42.8 Å². The van der Waals surface area contributed by atoms with Gasteiger partial charge in [0.15, 0.2) is 5.82 Å². The zero-order chi connectivity index (χ0) is 24.5. The van der Waals surface area contributed by atoms with Crippen LogP contribution in [0.4, 0.5) is 5.82 Å². The summed E-state index contributed by atoms with van der Waals surface area (Å²) in [5.74, 6) is 1.59. The van der Waals surface area contributed by atoms with Crippen molar-refractivity contribution in [2.45, 2.75) is 38.1 Å². The summed E-state index contributed by atoms with van der Waals surface area (Å²) >= 11 is 0. The van der Waals surface area contributed by atoms with Gasteiger partial charge in [-0.2, -0.15) is 5.26 Å². The van der Waals surface area contributed by atoms with Gasteiger partial charge in [-0.15, -0.1) is 0 Å². The lowest BCUT2D eigenvalue weighted by molar-refractivity contribution is -0.134. The van der Waals surface area contributed by atoms with E-state index in [1.165, 1.54) is 0 Å². The lowest BCUT2D eigenvalue weighted by Gasteiger charge is -2.41. The molecule has 0 bridgehead atoms. The highest BCUT2D eigenvalue weighted by molar-refractivity contribution is 5.95. The van der Waals surface area contributed by atoms with Gasteiger partial charge in [-0.25, -0.2) is 15.0 Å². The van der Waals surface area contributed by atoms with Gasteiger partial charge in [0.05, 0.1) is 23.4 Å². The maximum absolute atomic E-state index is 12.3. The molecule has 1 saturated heterocycles. The molecule has 1 aliphatic heterocycles. The first-order valence-corrected chi connectivity index (χ1v) is 12.0. The number of aliphatic hydroxyl groups is 1. The van der Waals surface area contributed by atoms with Crippen molar-refractivity contribution >= 4 is 28.7 Å². The summed E-state index contributed by atoms with van der Waals surface area (Å²) in [7, 11) is 0. The van der Waals surface area contributed by atoms with Crippen LogP contribution in [0.3, 0.4) is 0 Å². The van der Waals surface area contributed by atoms with Crippen LogP contribution in [0, 0.1) is 11.3 Å². The van der Waals surface area contributed by atoms with Crippen molar-refractivity contribution < 1.29 is 9.90 Å². The zero-order valence-electron chi connectivity index (χ0n) is 19.8. The molecule has 2 fully saturated rings. The summed E-state index contributed by atoms with van der Waals surface area (Å²) in [4.78, 5) is 30.3. The third-order valence-corrected chi connectivity index (χ3v) is 6.81. The summed E-state index contributed by atoms with van der Waals surface area (Å²) in [5, 5.41) is 20.1. The fourth-order valence-electron chi connectivity index (χ4n) is 4.89. The van der Waals surface area contributed by atoms with E-state index in [0.717, 1.165) is 40.6 Å². The third kappa shape index (κ3) is 4.35. The van der Waals surface area contributed by atoms with Crippen LogP contribution >= 0.6 is 0 Å². The molecule has 2 aromatic heterocycles. The van der Waals surface area contributed by atoms with Gasteiger partial charge in [0.25, 0.3) is 0 Å². The number of carbonyl (C=O) groups excluding carboxylic acids is 1. The van der Waals surface area contributed by atoms with E-state index in [9.17, 15) is 10.1 Å². The van der Waals surface area contributed by atoms with Crippen LogP contribution in [-0.2, 0) is 4.79 Å². The van der Waals surface area contributed by atoms with E-state index in [2.05, 4.69) is 27.5 Å². The van der Waals surface area contributed by atoms with Gasteiger partial charge in [-0.05, 0) is 43.5 Å². The fraction of sp³-hybridized carbons (Fsp3) is 0.370. The van der Waals surface area contributed by atoms with Gasteiger partial charge in [-0.3, -0.25) is 4.79 Å². The van der Waals surface area contributed by atoms with Crippen LogP contribution in [0.5, 0.6) is 0 Å². The molecule has 8 nitrogen and oxygen atoms in total. The minimum Gasteiger partial charge on any atom is -0.396 e. The van der Waals surface area contributed by atoms with Crippen LogP contribution in [0.1, 0.15) is 49.2 Å². The molecule has 1 aromatic carbocycles. The Morgan fingerprint density at radius 3 is 2.80 bits per heavy atom. The average molecular weight is 469 g/mol. The first-order chi connectivity index (χ1) is 17.0. The molecule has 1 aliphatic carbocycles. The van der Waals surface area contributed by atoms with Gasteiger partial charge in [0, 0.05) is 55.2 Å². The van der Waals surface area contributed by atoms with Crippen LogP contribution in [0.25, 0.3) is 28.1 Å². The summed E-state index contributed by atoms with van der Waals surface area (Å²) in [6, 6.07) is 10.3. The maximum atomic E-state index is 12.3. The van der Waals surface area contributed by atoms with Gasteiger partial charge >= 0.3 is 0 Å². The van der Waals surface area contributed by atoms with Crippen molar-refractivity contribution in [2.24, 2.45) is 0 Å². The number of fused-ring (bicyclic) bond motifs is 1. The molecule has 1 N–H and O–H groups in total. The summed E-state index contributed by atoms with van der Waals surface area (Å²) in [6.07, 6.45) is 5.73. The number of hydrogen-bond donors (Lipinski definition) is 1.